The molecule has 0 amide bonds. The summed E-state index contributed by atoms with van der Waals surface area (Å²) in [4.78, 5) is 0. The topological polar surface area (TPSA) is 52.7 Å². The van der Waals surface area contributed by atoms with E-state index < -0.39 is 10.2 Å². The van der Waals surface area contributed by atoms with Gasteiger partial charge in [-0.3, -0.25) is 0 Å². The highest BCUT2D eigenvalue weighted by Crippen LogP contribution is 2.24. The second kappa shape index (κ2) is 7.22. The minimum Gasteiger partial charge on any atom is -0.317 e. The van der Waals surface area contributed by atoms with Gasteiger partial charge in [-0.25, -0.2) is 0 Å². The zero-order chi connectivity index (χ0) is 13.2. The maximum Gasteiger partial charge on any atom is 0.282 e. The third-order valence-electron chi connectivity index (χ3n) is 4.23. The highest BCUT2D eigenvalue weighted by molar-refractivity contribution is 7.86. The first-order chi connectivity index (χ1) is 8.55. The molecule has 2 rings (SSSR count). The molecule has 2 fully saturated rings. The van der Waals surface area contributed by atoms with E-state index >= 15 is 0 Å². The monoisotopic (exact) mass is 311 g/mol. The molecule has 7 heteroatoms. The molecule has 1 unspecified atom stereocenters. The number of nitrogens with zero attached hydrogens (tertiary/aromatic N) is 2. The van der Waals surface area contributed by atoms with E-state index in [1.165, 1.54) is 0 Å². The molecule has 0 aromatic carbocycles. The Morgan fingerprint density at radius 3 is 2.21 bits per heavy atom. The Kier molecular flexibility index (Phi) is 6.53. The summed E-state index contributed by atoms with van der Waals surface area (Å²) >= 11 is 0. The van der Waals surface area contributed by atoms with Crippen molar-refractivity contribution in [2.45, 2.75) is 51.1 Å². The van der Waals surface area contributed by atoms with E-state index in [2.05, 4.69) is 5.32 Å². The second-order valence-electron chi connectivity index (χ2n) is 5.43. The van der Waals surface area contributed by atoms with E-state index in [1.807, 2.05) is 14.0 Å². The second-order valence-corrected chi connectivity index (χ2v) is 7.31. The summed E-state index contributed by atoms with van der Waals surface area (Å²) in [6, 6.07) is 0.626. The van der Waals surface area contributed by atoms with Crippen molar-refractivity contribution in [1.82, 2.24) is 13.9 Å². The van der Waals surface area contributed by atoms with Gasteiger partial charge < -0.3 is 5.32 Å². The van der Waals surface area contributed by atoms with Crippen LogP contribution in [0.3, 0.4) is 0 Å². The van der Waals surface area contributed by atoms with Crippen molar-refractivity contribution < 1.29 is 8.42 Å². The van der Waals surface area contributed by atoms with Crippen LogP contribution in [0.15, 0.2) is 0 Å². The summed E-state index contributed by atoms with van der Waals surface area (Å²) < 4.78 is 28.5. The molecule has 0 aromatic heterocycles. The number of piperidine rings is 2. The van der Waals surface area contributed by atoms with Crippen molar-refractivity contribution >= 4 is 22.6 Å². The molecule has 0 aliphatic carbocycles. The average Bonchev–Trinajstić information content (AvgIpc) is 2.39. The molecule has 2 heterocycles. The third kappa shape index (κ3) is 3.82. The summed E-state index contributed by atoms with van der Waals surface area (Å²) in [6.45, 7) is 4.01. The van der Waals surface area contributed by atoms with Crippen LogP contribution in [0, 0.1) is 0 Å². The van der Waals surface area contributed by atoms with Crippen LogP contribution in [0.5, 0.6) is 0 Å². The Hall–Kier alpha value is 0.120. The zero-order valence-corrected chi connectivity index (χ0v) is 13.5. The van der Waals surface area contributed by atoms with Gasteiger partial charge in [-0.15, -0.1) is 12.4 Å². The molecule has 1 atom stereocenters. The van der Waals surface area contributed by atoms with Crippen LogP contribution in [0.2, 0.25) is 0 Å². The summed E-state index contributed by atoms with van der Waals surface area (Å²) in [5.41, 5.74) is 0. The third-order valence-corrected chi connectivity index (χ3v) is 6.38. The lowest BCUT2D eigenvalue weighted by Crippen LogP contribution is -2.53. The first-order valence-electron chi connectivity index (χ1n) is 7.00. The highest BCUT2D eigenvalue weighted by Gasteiger charge is 2.36. The molecular formula is C12H26ClN3O2S. The molecule has 5 nitrogen and oxygen atoms in total. The van der Waals surface area contributed by atoms with Gasteiger partial charge in [0.1, 0.15) is 0 Å². The molecule has 0 spiro atoms. The van der Waals surface area contributed by atoms with Crippen molar-refractivity contribution in [3.05, 3.63) is 0 Å². The van der Waals surface area contributed by atoms with E-state index in [1.54, 1.807) is 8.61 Å². The SMILES string of the molecule is CNC1CCN(S(=O)(=O)N2CCCCC2C)CC1.Cl. The van der Waals surface area contributed by atoms with Crippen LogP contribution >= 0.6 is 12.4 Å². The number of hydrogen-bond acceptors (Lipinski definition) is 3. The minimum absolute atomic E-state index is 0. The van der Waals surface area contributed by atoms with E-state index in [0.717, 1.165) is 32.1 Å². The van der Waals surface area contributed by atoms with Gasteiger partial charge in [0, 0.05) is 31.7 Å². The van der Waals surface area contributed by atoms with Crippen LogP contribution in [-0.2, 0) is 10.2 Å². The molecule has 1 N–H and O–H groups in total. The van der Waals surface area contributed by atoms with Crippen LogP contribution in [0.4, 0.5) is 0 Å². The van der Waals surface area contributed by atoms with Crippen LogP contribution in [0.1, 0.15) is 39.0 Å². The molecule has 0 saturated carbocycles. The smallest absolute Gasteiger partial charge is 0.282 e. The lowest BCUT2D eigenvalue weighted by Gasteiger charge is -2.39. The Bertz CT molecular complexity index is 369. The van der Waals surface area contributed by atoms with Gasteiger partial charge in [-0.05, 0) is 39.7 Å². The minimum atomic E-state index is -3.23. The predicted molar refractivity (Wildman–Crippen MR) is 79.8 cm³/mol. The average molecular weight is 312 g/mol. The molecule has 19 heavy (non-hydrogen) atoms. The van der Waals surface area contributed by atoms with Crippen LogP contribution in [-0.4, -0.2) is 55.8 Å². The van der Waals surface area contributed by atoms with Gasteiger partial charge in [0.05, 0.1) is 0 Å². The Balaban J connectivity index is 0.00000180. The fraction of sp³-hybridized carbons (Fsp3) is 1.00. The van der Waals surface area contributed by atoms with Crippen molar-refractivity contribution in [2.75, 3.05) is 26.7 Å². The van der Waals surface area contributed by atoms with E-state index in [4.69, 9.17) is 0 Å². The van der Waals surface area contributed by atoms with Gasteiger partial charge >= 0.3 is 0 Å². The Morgan fingerprint density at radius 1 is 1.05 bits per heavy atom. The lowest BCUT2D eigenvalue weighted by molar-refractivity contribution is 0.226. The fourth-order valence-corrected chi connectivity index (χ4v) is 4.83. The normalized spacial score (nSPS) is 28.0. The molecular weight excluding hydrogens is 286 g/mol. The number of hydrogen-bond donors (Lipinski definition) is 1. The molecule has 2 aliphatic heterocycles. The highest BCUT2D eigenvalue weighted by atomic mass is 35.5. The lowest BCUT2D eigenvalue weighted by atomic mass is 10.1. The van der Waals surface area contributed by atoms with E-state index in [-0.39, 0.29) is 18.4 Å². The van der Waals surface area contributed by atoms with Gasteiger partial charge in [-0.1, -0.05) is 6.42 Å². The number of nitrogens with one attached hydrogen (secondary N) is 1. The molecule has 2 aliphatic rings. The van der Waals surface area contributed by atoms with Crippen LogP contribution < -0.4 is 5.32 Å². The van der Waals surface area contributed by atoms with Crippen LogP contribution in [0.25, 0.3) is 0 Å². The van der Waals surface area contributed by atoms with Crippen molar-refractivity contribution in [3.63, 3.8) is 0 Å². The first kappa shape index (κ1) is 17.2. The fourth-order valence-electron chi connectivity index (χ4n) is 2.94. The predicted octanol–water partition coefficient (Wildman–Crippen LogP) is 1.21. The van der Waals surface area contributed by atoms with Gasteiger partial charge in [0.15, 0.2) is 0 Å². The first-order valence-corrected chi connectivity index (χ1v) is 8.39. The zero-order valence-electron chi connectivity index (χ0n) is 11.8. The largest absolute Gasteiger partial charge is 0.317 e. The summed E-state index contributed by atoms with van der Waals surface area (Å²) in [6.07, 6.45) is 4.97. The molecule has 0 aromatic rings. The van der Waals surface area contributed by atoms with Gasteiger partial charge in [0.25, 0.3) is 10.2 Å². The summed E-state index contributed by atoms with van der Waals surface area (Å²) in [5, 5.41) is 3.23. The van der Waals surface area contributed by atoms with E-state index in [0.29, 0.717) is 25.7 Å². The molecule has 0 bridgehead atoms. The Labute approximate surface area is 123 Å². The maximum absolute atomic E-state index is 12.6. The number of rotatable bonds is 3. The summed E-state index contributed by atoms with van der Waals surface area (Å²) in [5.74, 6) is 0. The molecule has 114 valence electrons. The number of halogens is 1. The van der Waals surface area contributed by atoms with Gasteiger partial charge in [-0.2, -0.15) is 17.0 Å². The Morgan fingerprint density at radius 2 is 1.68 bits per heavy atom. The maximum atomic E-state index is 12.6. The van der Waals surface area contributed by atoms with Crippen molar-refractivity contribution in [2.24, 2.45) is 0 Å². The standard InChI is InChI=1S/C12H25N3O2S.ClH/c1-11-5-3-4-8-15(11)18(16,17)14-9-6-12(13-2)7-10-14;/h11-13H,3-10H2,1-2H3;1H. The summed E-state index contributed by atoms with van der Waals surface area (Å²) in [7, 11) is -1.28. The van der Waals surface area contributed by atoms with Gasteiger partial charge in [0.2, 0.25) is 0 Å². The molecule has 2 saturated heterocycles. The van der Waals surface area contributed by atoms with Crippen molar-refractivity contribution in [1.29, 1.82) is 0 Å². The van der Waals surface area contributed by atoms with Crippen molar-refractivity contribution in [3.8, 4) is 0 Å². The quantitative estimate of drug-likeness (QED) is 0.852. The van der Waals surface area contributed by atoms with E-state index in [9.17, 15) is 8.42 Å². The molecule has 0 radical (unpaired) electrons.